The maximum Gasteiger partial charge on any atom is 0.225 e. The molecule has 3 rings (SSSR count). The third-order valence-electron chi connectivity index (χ3n) is 4.10. The highest BCUT2D eigenvalue weighted by atomic mass is 32.1. The van der Waals surface area contributed by atoms with Crippen LogP contribution in [0.25, 0.3) is 10.2 Å². The van der Waals surface area contributed by atoms with Crippen LogP contribution in [0.2, 0.25) is 0 Å². The van der Waals surface area contributed by atoms with Crippen LogP contribution < -0.4 is 5.32 Å². The van der Waals surface area contributed by atoms with E-state index in [9.17, 15) is 4.79 Å². The Morgan fingerprint density at radius 1 is 1.48 bits per heavy atom. The SMILES string of the molecule is CC(C)C(=O)N1CC(c2ccc3scnc3c2)NC[C@@H]1C. The molecule has 1 aliphatic heterocycles. The van der Waals surface area contributed by atoms with E-state index in [-0.39, 0.29) is 23.9 Å². The van der Waals surface area contributed by atoms with Crippen molar-refractivity contribution in [3.63, 3.8) is 0 Å². The number of nitrogens with one attached hydrogen (secondary N) is 1. The monoisotopic (exact) mass is 303 g/mol. The Balaban J connectivity index is 1.83. The van der Waals surface area contributed by atoms with Gasteiger partial charge in [-0.3, -0.25) is 4.79 Å². The quantitative estimate of drug-likeness (QED) is 0.928. The number of hydrogen-bond acceptors (Lipinski definition) is 4. The minimum atomic E-state index is 0.0484. The van der Waals surface area contributed by atoms with Crippen molar-refractivity contribution in [1.29, 1.82) is 0 Å². The predicted molar refractivity (Wildman–Crippen MR) is 86.4 cm³/mol. The van der Waals surface area contributed by atoms with Crippen LogP contribution >= 0.6 is 11.3 Å². The molecule has 1 unspecified atom stereocenters. The lowest BCUT2D eigenvalue weighted by Gasteiger charge is -2.40. The number of piperazine rings is 1. The van der Waals surface area contributed by atoms with Crippen LogP contribution in [0.1, 0.15) is 32.4 Å². The first-order valence-corrected chi connectivity index (χ1v) is 8.31. The Bertz CT molecular complexity index is 652. The number of rotatable bonds is 2. The van der Waals surface area contributed by atoms with Crippen molar-refractivity contribution in [2.45, 2.75) is 32.9 Å². The molecular weight excluding hydrogens is 282 g/mol. The van der Waals surface area contributed by atoms with Crippen LogP contribution in [-0.2, 0) is 4.79 Å². The lowest BCUT2D eigenvalue weighted by Crippen LogP contribution is -2.54. The van der Waals surface area contributed by atoms with Gasteiger partial charge in [-0.25, -0.2) is 4.98 Å². The van der Waals surface area contributed by atoms with Crippen molar-refractivity contribution in [1.82, 2.24) is 15.2 Å². The molecule has 21 heavy (non-hydrogen) atoms. The highest BCUT2D eigenvalue weighted by Gasteiger charge is 2.30. The van der Waals surface area contributed by atoms with E-state index in [2.05, 4.69) is 35.4 Å². The molecule has 1 aliphatic rings. The summed E-state index contributed by atoms with van der Waals surface area (Å²) < 4.78 is 1.21. The molecule has 1 saturated heterocycles. The van der Waals surface area contributed by atoms with E-state index in [1.807, 2.05) is 24.3 Å². The standard InChI is InChI=1S/C16H21N3OS/c1-10(2)16(20)19-8-14(17-7-11(19)3)12-4-5-15-13(6-12)18-9-21-15/h4-6,9-11,14,17H,7-8H2,1-3H3/t11-,14?/m0/s1. The largest absolute Gasteiger partial charge is 0.337 e. The minimum absolute atomic E-state index is 0.0484. The van der Waals surface area contributed by atoms with E-state index in [0.29, 0.717) is 0 Å². The fourth-order valence-corrected chi connectivity index (χ4v) is 3.48. The average Bonchev–Trinajstić information content (AvgIpc) is 2.94. The van der Waals surface area contributed by atoms with Crippen molar-refractivity contribution < 1.29 is 4.79 Å². The number of amides is 1. The Morgan fingerprint density at radius 2 is 2.29 bits per heavy atom. The normalized spacial score (nSPS) is 23.0. The molecule has 5 heteroatoms. The Morgan fingerprint density at radius 3 is 3.05 bits per heavy atom. The molecule has 0 spiro atoms. The highest BCUT2D eigenvalue weighted by molar-refractivity contribution is 7.16. The zero-order valence-electron chi connectivity index (χ0n) is 12.7. The summed E-state index contributed by atoms with van der Waals surface area (Å²) in [6.45, 7) is 7.60. The van der Waals surface area contributed by atoms with E-state index in [0.717, 1.165) is 18.6 Å². The van der Waals surface area contributed by atoms with Gasteiger partial charge in [-0.1, -0.05) is 19.9 Å². The lowest BCUT2D eigenvalue weighted by molar-refractivity contribution is -0.138. The molecule has 2 atom stereocenters. The summed E-state index contributed by atoms with van der Waals surface area (Å²) in [4.78, 5) is 18.7. The van der Waals surface area contributed by atoms with Gasteiger partial charge in [-0.15, -0.1) is 11.3 Å². The van der Waals surface area contributed by atoms with Crippen LogP contribution in [-0.4, -0.2) is 34.9 Å². The first-order chi connectivity index (χ1) is 10.1. The number of carbonyl (C=O) groups excluding carboxylic acids is 1. The van der Waals surface area contributed by atoms with E-state index < -0.39 is 0 Å². The third kappa shape index (κ3) is 2.80. The molecule has 2 heterocycles. The van der Waals surface area contributed by atoms with Crippen molar-refractivity contribution in [2.24, 2.45) is 5.92 Å². The van der Waals surface area contributed by atoms with Crippen molar-refractivity contribution in [3.05, 3.63) is 29.3 Å². The first-order valence-electron chi connectivity index (χ1n) is 7.43. The second kappa shape index (κ2) is 5.73. The van der Waals surface area contributed by atoms with Gasteiger partial charge in [0, 0.05) is 25.0 Å². The van der Waals surface area contributed by atoms with Gasteiger partial charge in [-0.2, -0.15) is 0 Å². The van der Waals surface area contributed by atoms with Gasteiger partial charge >= 0.3 is 0 Å². The second-order valence-corrected chi connectivity index (χ2v) is 6.92. The number of nitrogens with zero attached hydrogens (tertiary/aromatic N) is 2. The van der Waals surface area contributed by atoms with Crippen LogP contribution in [0, 0.1) is 5.92 Å². The molecule has 0 aliphatic carbocycles. The average molecular weight is 303 g/mol. The fraction of sp³-hybridized carbons (Fsp3) is 0.500. The zero-order chi connectivity index (χ0) is 15.0. The maximum atomic E-state index is 12.3. The smallest absolute Gasteiger partial charge is 0.225 e. The molecule has 1 aromatic heterocycles. The van der Waals surface area contributed by atoms with Gasteiger partial charge in [0.05, 0.1) is 21.8 Å². The molecular formula is C16H21N3OS. The summed E-state index contributed by atoms with van der Waals surface area (Å²) >= 11 is 1.66. The molecule has 0 radical (unpaired) electrons. The van der Waals surface area contributed by atoms with Crippen LogP contribution in [0.5, 0.6) is 0 Å². The van der Waals surface area contributed by atoms with Crippen LogP contribution in [0.15, 0.2) is 23.7 Å². The number of thiazole rings is 1. The Hall–Kier alpha value is -1.46. The van der Waals surface area contributed by atoms with Crippen LogP contribution in [0.3, 0.4) is 0 Å². The highest BCUT2D eigenvalue weighted by Crippen LogP contribution is 2.25. The second-order valence-electron chi connectivity index (χ2n) is 6.03. The molecule has 1 N–H and O–H groups in total. The Labute approximate surface area is 129 Å². The summed E-state index contributed by atoms with van der Waals surface area (Å²) in [7, 11) is 0. The predicted octanol–water partition coefficient (Wildman–Crippen LogP) is 2.81. The molecule has 4 nitrogen and oxygen atoms in total. The van der Waals surface area contributed by atoms with Gasteiger partial charge in [0.2, 0.25) is 5.91 Å². The van der Waals surface area contributed by atoms with E-state index >= 15 is 0 Å². The minimum Gasteiger partial charge on any atom is -0.337 e. The van der Waals surface area contributed by atoms with Gasteiger partial charge in [0.25, 0.3) is 0 Å². The third-order valence-corrected chi connectivity index (χ3v) is 4.91. The van der Waals surface area contributed by atoms with E-state index in [1.165, 1.54) is 10.3 Å². The van der Waals surface area contributed by atoms with Crippen molar-refractivity contribution in [2.75, 3.05) is 13.1 Å². The molecule has 112 valence electrons. The zero-order valence-corrected chi connectivity index (χ0v) is 13.5. The summed E-state index contributed by atoms with van der Waals surface area (Å²) in [5.74, 6) is 0.288. The number of benzene rings is 1. The molecule has 1 fully saturated rings. The molecule has 1 aromatic carbocycles. The number of carbonyl (C=O) groups is 1. The van der Waals surface area contributed by atoms with Gasteiger partial charge in [0.15, 0.2) is 0 Å². The van der Waals surface area contributed by atoms with Gasteiger partial charge in [0.1, 0.15) is 0 Å². The topological polar surface area (TPSA) is 45.2 Å². The lowest BCUT2D eigenvalue weighted by atomic mass is 10.0. The van der Waals surface area contributed by atoms with Crippen molar-refractivity contribution in [3.8, 4) is 0 Å². The summed E-state index contributed by atoms with van der Waals surface area (Å²) in [5.41, 5.74) is 4.13. The number of hydrogen-bond donors (Lipinski definition) is 1. The van der Waals surface area contributed by atoms with Gasteiger partial charge in [-0.05, 0) is 24.6 Å². The summed E-state index contributed by atoms with van der Waals surface area (Å²) in [5, 5.41) is 3.55. The summed E-state index contributed by atoms with van der Waals surface area (Å²) in [6.07, 6.45) is 0. The molecule has 1 amide bonds. The first kappa shape index (κ1) is 14.5. The number of aromatic nitrogens is 1. The van der Waals surface area contributed by atoms with Gasteiger partial charge < -0.3 is 10.2 Å². The van der Waals surface area contributed by atoms with E-state index in [4.69, 9.17) is 0 Å². The van der Waals surface area contributed by atoms with E-state index in [1.54, 1.807) is 11.3 Å². The molecule has 2 aromatic rings. The Kier molecular flexibility index (Phi) is 3.95. The van der Waals surface area contributed by atoms with Crippen molar-refractivity contribution >= 4 is 27.5 Å². The number of fused-ring (bicyclic) bond motifs is 1. The maximum absolute atomic E-state index is 12.3. The van der Waals surface area contributed by atoms with Crippen LogP contribution in [0.4, 0.5) is 0 Å². The summed E-state index contributed by atoms with van der Waals surface area (Å²) in [6, 6.07) is 6.84. The molecule has 0 saturated carbocycles. The molecule has 0 bridgehead atoms. The fourth-order valence-electron chi connectivity index (χ4n) is 2.82.